The number of rotatable bonds is 2. The number of hydrogen-bond acceptors (Lipinski definition) is 4. The molecule has 6 heteroatoms. The van der Waals surface area contributed by atoms with Crippen molar-refractivity contribution in [3.05, 3.63) is 0 Å². The third-order valence-electron chi connectivity index (χ3n) is 0.429. The average Bonchev–Trinajstić information content (AvgIpc) is 1.60. The molecule has 0 spiro atoms. The predicted octanol–water partition coefficient (Wildman–Crippen LogP) is 1.41. The molecule has 0 amide bonds. The van der Waals surface area contributed by atoms with Gasteiger partial charge in [-0.05, 0) is 20.8 Å². The maximum atomic E-state index is 10.6. The van der Waals surface area contributed by atoms with Crippen LogP contribution in [-0.2, 0) is 17.1 Å². The molecule has 62 valence electrons. The second kappa shape index (κ2) is 3.33. The molecular formula is C4H9IO4S. The fourth-order valence-electron chi connectivity index (χ4n) is 0.319. The number of halogens is 1. The molecule has 0 rings (SSSR count). The highest BCUT2D eigenvalue weighted by molar-refractivity contribution is 14.1. The summed E-state index contributed by atoms with van der Waals surface area (Å²) in [5.41, 5.74) is -0.732. The van der Waals surface area contributed by atoms with Crippen molar-refractivity contribution in [2.75, 3.05) is 0 Å². The van der Waals surface area contributed by atoms with Gasteiger partial charge in [-0.1, -0.05) is 0 Å². The zero-order chi connectivity index (χ0) is 8.41. The SMILES string of the molecule is CC(C)(C)OS(=O)(=O)OI. The fourth-order valence-corrected chi connectivity index (χ4v) is 1.18. The van der Waals surface area contributed by atoms with Crippen molar-refractivity contribution in [3.63, 3.8) is 0 Å². The first kappa shape index (κ1) is 10.6. The van der Waals surface area contributed by atoms with Gasteiger partial charge in [0.05, 0.1) is 5.60 Å². The molecule has 0 aromatic rings. The Morgan fingerprint density at radius 3 is 1.80 bits per heavy atom. The van der Waals surface area contributed by atoms with Crippen LogP contribution in [-0.4, -0.2) is 14.0 Å². The molecule has 0 aromatic carbocycles. The Morgan fingerprint density at radius 1 is 1.30 bits per heavy atom. The van der Waals surface area contributed by atoms with E-state index in [0.717, 1.165) is 0 Å². The van der Waals surface area contributed by atoms with E-state index in [-0.39, 0.29) is 0 Å². The van der Waals surface area contributed by atoms with Gasteiger partial charge >= 0.3 is 10.4 Å². The van der Waals surface area contributed by atoms with Crippen LogP contribution in [0, 0.1) is 0 Å². The quantitative estimate of drug-likeness (QED) is 0.718. The maximum Gasteiger partial charge on any atom is 0.409 e. The summed E-state index contributed by atoms with van der Waals surface area (Å²) in [6, 6.07) is 0. The van der Waals surface area contributed by atoms with Crippen molar-refractivity contribution in [1.29, 1.82) is 0 Å². The first-order chi connectivity index (χ1) is 4.27. The third-order valence-corrected chi connectivity index (χ3v) is 2.61. The van der Waals surface area contributed by atoms with E-state index < -0.39 is 16.0 Å². The van der Waals surface area contributed by atoms with Crippen LogP contribution in [0.3, 0.4) is 0 Å². The summed E-state index contributed by atoms with van der Waals surface area (Å²) in [6.07, 6.45) is 0. The minimum Gasteiger partial charge on any atom is -0.242 e. The van der Waals surface area contributed by atoms with Crippen molar-refractivity contribution in [1.82, 2.24) is 0 Å². The van der Waals surface area contributed by atoms with E-state index in [2.05, 4.69) is 6.70 Å². The van der Waals surface area contributed by atoms with Crippen LogP contribution in [0.4, 0.5) is 0 Å². The Morgan fingerprint density at radius 2 is 1.70 bits per heavy atom. The van der Waals surface area contributed by atoms with E-state index >= 15 is 0 Å². The minimum atomic E-state index is -3.79. The standard InChI is InChI=1S/C4H9IO4S/c1-4(2,3)8-10(6,7)9-5/h1-3H3. The highest BCUT2D eigenvalue weighted by atomic mass is 127. The molecule has 4 nitrogen and oxygen atoms in total. The van der Waals surface area contributed by atoms with Crippen molar-refractivity contribution < 1.29 is 15.1 Å². The predicted molar refractivity (Wildman–Crippen MR) is 44.9 cm³/mol. The van der Waals surface area contributed by atoms with Gasteiger partial charge in [0.1, 0.15) is 23.0 Å². The highest BCUT2D eigenvalue weighted by Gasteiger charge is 2.21. The molecular weight excluding hydrogens is 271 g/mol. The van der Waals surface area contributed by atoms with Gasteiger partial charge in [-0.25, -0.2) is 4.18 Å². The molecule has 0 fully saturated rings. The lowest BCUT2D eigenvalue weighted by molar-refractivity contribution is 0.126. The number of hydrogen-bond donors (Lipinski definition) is 0. The molecule has 0 unspecified atom stereocenters. The Balaban J connectivity index is 4.18. The van der Waals surface area contributed by atoms with Crippen molar-refractivity contribution in [2.24, 2.45) is 0 Å². The van der Waals surface area contributed by atoms with Gasteiger partial charge in [-0.3, -0.25) is 0 Å². The summed E-state index contributed by atoms with van der Waals surface area (Å²) in [5, 5.41) is 0. The second-order valence-corrected chi connectivity index (χ2v) is 4.85. The van der Waals surface area contributed by atoms with Gasteiger partial charge in [0.25, 0.3) is 0 Å². The molecule has 10 heavy (non-hydrogen) atoms. The molecule has 0 N–H and O–H groups in total. The second-order valence-electron chi connectivity index (χ2n) is 2.67. The Kier molecular flexibility index (Phi) is 3.53. The lowest BCUT2D eigenvalue weighted by Gasteiger charge is -2.16. The highest BCUT2D eigenvalue weighted by Crippen LogP contribution is 2.14. The average molecular weight is 280 g/mol. The van der Waals surface area contributed by atoms with Gasteiger partial charge in [0, 0.05) is 0 Å². The molecule has 0 atom stereocenters. The van der Waals surface area contributed by atoms with E-state index in [9.17, 15) is 8.42 Å². The van der Waals surface area contributed by atoms with Crippen LogP contribution >= 0.6 is 23.0 Å². The molecule has 0 aliphatic carbocycles. The van der Waals surface area contributed by atoms with Crippen molar-refractivity contribution >= 4 is 33.4 Å². The van der Waals surface area contributed by atoms with Crippen LogP contribution in [0.25, 0.3) is 0 Å². The summed E-state index contributed by atoms with van der Waals surface area (Å²) in [6.45, 7) is 4.88. The Bertz CT molecular complexity index is 190. The molecule has 0 saturated carbocycles. The topological polar surface area (TPSA) is 52.6 Å². The zero-order valence-corrected chi connectivity index (χ0v) is 8.89. The van der Waals surface area contributed by atoms with Crippen LogP contribution in [0.5, 0.6) is 0 Å². The van der Waals surface area contributed by atoms with Crippen LogP contribution < -0.4 is 0 Å². The van der Waals surface area contributed by atoms with Crippen molar-refractivity contribution in [2.45, 2.75) is 26.4 Å². The fraction of sp³-hybridized carbons (Fsp3) is 1.00. The van der Waals surface area contributed by atoms with E-state index in [4.69, 9.17) is 0 Å². The largest absolute Gasteiger partial charge is 0.409 e. The van der Waals surface area contributed by atoms with Gasteiger partial charge in [0.15, 0.2) is 0 Å². The first-order valence-corrected chi connectivity index (χ1v) is 4.74. The van der Waals surface area contributed by atoms with Crippen LogP contribution in [0.1, 0.15) is 20.8 Å². The van der Waals surface area contributed by atoms with Gasteiger partial charge in [-0.2, -0.15) is 10.9 Å². The lowest BCUT2D eigenvalue weighted by atomic mass is 10.2. The smallest absolute Gasteiger partial charge is 0.242 e. The maximum absolute atomic E-state index is 10.6. The van der Waals surface area contributed by atoms with E-state index in [1.54, 1.807) is 20.8 Å². The molecule has 0 aliphatic heterocycles. The van der Waals surface area contributed by atoms with Gasteiger partial charge in [-0.15, -0.1) is 0 Å². The molecule has 0 aliphatic rings. The summed E-state index contributed by atoms with van der Waals surface area (Å²) in [5.74, 6) is 0. The third kappa shape index (κ3) is 5.39. The minimum absolute atomic E-state index is 0.732. The van der Waals surface area contributed by atoms with Crippen LogP contribution in [0.2, 0.25) is 0 Å². The first-order valence-electron chi connectivity index (χ1n) is 2.53. The summed E-state index contributed by atoms with van der Waals surface area (Å²) < 4.78 is 29.7. The zero-order valence-electron chi connectivity index (χ0n) is 5.92. The Labute approximate surface area is 74.9 Å². The molecule has 0 radical (unpaired) electrons. The molecule has 0 bridgehead atoms. The van der Waals surface area contributed by atoms with Gasteiger partial charge in [0.2, 0.25) is 0 Å². The van der Waals surface area contributed by atoms with Crippen molar-refractivity contribution in [3.8, 4) is 0 Å². The van der Waals surface area contributed by atoms with Gasteiger partial charge < -0.3 is 0 Å². The molecule has 0 saturated heterocycles. The lowest BCUT2D eigenvalue weighted by Crippen LogP contribution is -2.23. The molecule has 0 heterocycles. The van der Waals surface area contributed by atoms with E-state index in [0.29, 0.717) is 0 Å². The van der Waals surface area contributed by atoms with E-state index in [1.807, 2.05) is 0 Å². The summed E-state index contributed by atoms with van der Waals surface area (Å²) in [7, 11) is -3.79. The summed E-state index contributed by atoms with van der Waals surface area (Å²) >= 11 is 1.26. The normalized spacial score (nSPS) is 13.6. The summed E-state index contributed by atoms with van der Waals surface area (Å²) in [4.78, 5) is 0. The van der Waals surface area contributed by atoms with Crippen LogP contribution in [0.15, 0.2) is 0 Å². The van der Waals surface area contributed by atoms with E-state index in [1.165, 1.54) is 23.0 Å². The monoisotopic (exact) mass is 280 g/mol. The molecule has 0 aromatic heterocycles. The Hall–Kier alpha value is 0.600.